The van der Waals surface area contributed by atoms with Crippen molar-refractivity contribution in [3.05, 3.63) is 48.0 Å². The Morgan fingerprint density at radius 1 is 1.14 bits per heavy atom. The molecule has 3 atom stereocenters. The van der Waals surface area contributed by atoms with E-state index in [1.165, 1.54) is 0 Å². The predicted molar refractivity (Wildman–Crippen MR) is 110 cm³/mol. The molecule has 0 spiro atoms. The predicted octanol–water partition coefficient (Wildman–Crippen LogP) is 1.17. The number of carbonyl (C=O) groups is 3. The van der Waals surface area contributed by atoms with Crippen molar-refractivity contribution in [3.8, 4) is 0 Å². The quantitative estimate of drug-likeness (QED) is 0.640. The van der Waals surface area contributed by atoms with Crippen LogP contribution in [0.1, 0.15) is 36.0 Å². The second kappa shape index (κ2) is 8.21. The van der Waals surface area contributed by atoms with E-state index in [-0.39, 0.29) is 23.8 Å². The first-order chi connectivity index (χ1) is 14.1. The van der Waals surface area contributed by atoms with Crippen molar-refractivity contribution in [3.63, 3.8) is 0 Å². The Hall–Kier alpha value is -2.93. The van der Waals surface area contributed by atoms with Crippen LogP contribution >= 0.6 is 0 Å². The molecule has 0 unspecified atom stereocenters. The number of hydrogen-bond donors (Lipinski definition) is 3. The Bertz CT molecular complexity index is 945. The maximum Gasteiger partial charge on any atom is 0.251 e. The lowest BCUT2D eigenvalue weighted by Crippen LogP contribution is -2.61. The van der Waals surface area contributed by atoms with Crippen molar-refractivity contribution in [2.24, 2.45) is 5.73 Å². The maximum absolute atomic E-state index is 12.8. The number of carbonyl (C=O) groups excluding carboxylic acids is 3. The molecule has 0 saturated carbocycles. The van der Waals surface area contributed by atoms with E-state index in [4.69, 9.17) is 5.73 Å². The zero-order valence-corrected chi connectivity index (χ0v) is 16.3. The van der Waals surface area contributed by atoms with Crippen LogP contribution in [-0.4, -0.2) is 53.8 Å². The molecule has 2 heterocycles. The molecule has 7 heteroatoms. The zero-order valence-electron chi connectivity index (χ0n) is 16.3. The van der Waals surface area contributed by atoms with Crippen molar-refractivity contribution in [2.45, 2.75) is 43.8 Å². The molecule has 2 aromatic carbocycles. The van der Waals surface area contributed by atoms with E-state index in [2.05, 4.69) is 10.6 Å². The lowest BCUT2D eigenvalue weighted by atomic mass is 10.0. The topological polar surface area (TPSA) is 105 Å². The fourth-order valence-corrected chi connectivity index (χ4v) is 4.25. The molecule has 2 aliphatic heterocycles. The molecule has 7 nitrogen and oxygen atoms in total. The highest BCUT2D eigenvalue weighted by Crippen LogP contribution is 2.25. The van der Waals surface area contributed by atoms with Crippen LogP contribution in [-0.2, 0) is 9.59 Å². The molecule has 0 aromatic heterocycles. The van der Waals surface area contributed by atoms with Gasteiger partial charge < -0.3 is 21.3 Å². The smallest absolute Gasteiger partial charge is 0.251 e. The average molecular weight is 394 g/mol. The number of nitrogens with zero attached hydrogens (tertiary/aromatic N) is 1. The number of amides is 3. The number of nitrogens with two attached hydrogens (primary N) is 1. The summed E-state index contributed by atoms with van der Waals surface area (Å²) < 4.78 is 0. The molecule has 0 bridgehead atoms. The first-order valence-electron chi connectivity index (χ1n) is 10.2. The summed E-state index contributed by atoms with van der Waals surface area (Å²) in [7, 11) is 0. The van der Waals surface area contributed by atoms with Gasteiger partial charge in [-0.15, -0.1) is 0 Å². The standard InChI is InChI=1S/C22H26N4O3/c23-10-4-3-7-18-22(29)26-13-17(12-19(26)21(28)25-18)24-20(27)16-9-8-14-5-1-2-6-15(14)11-16/h1-2,5-6,8-9,11,17-19H,3-4,7,10,12-13,23H2,(H,24,27)(H,25,28)/t17-,18-,19-/m0/s1. The van der Waals surface area contributed by atoms with Crippen LogP contribution in [0.25, 0.3) is 10.8 Å². The Balaban J connectivity index is 1.41. The summed E-state index contributed by atoms with van der Waals surface area (Å²) in [4.78, 5) is 39.6. The van der Waals surface area contributed by atoms with Gasteiger partial charge in [0.15, 0.2) is 0 Å². The van der Waals surface area contributed by atoms with E-state index < -0.39 is 12.1 Å². The van der Waals surface area contributed by atoms with E-state index in [0.29, 0.717) is 31.5 Å². The highest BCUT2D eigenvalue weighted by molar-refractivity contribution is 6.00. The van der Waals surface area contributed by atoms with Crippen LogP contribution in [0.4, 0.5) is 0 Å². The van der Waals surface area contributed by atoms with E-state index in [9.17, 15) is 14.4 Å². The summed E-state index contributed by atoms with van der Waals surface area (Å²) in [6.07, 6.45) is 2.66. The molecule has 2 aromatic rings. The Kier molecular flexibility index (Phi) is 5.49. The monoisotopic (exact) mass is 394 g/mol. The van der Waals surface area contributed by atoms with Gasteiger partial charge in [-0.2, -0.15) is 0 Å². The first-order valence-corrected chi connectivity index (χ1v) is 10.2. The summed E-state index contributed by atoms with van der Waals surface area (Å²) in [5.41, 5.74) is 6.09. The van der Waals surface area contributed by atoms with Gasteiger partial charge in [0.1, 0.15) is 12.1 Å². The average Bonchev–Trinajstić information content (AvgIpc) is 3.16. The molecular formula is C22H26N4O3. The third kappa shape index (κ3) is 3.96. The second-order valence-electron chi connectivity index (χ2n) is 7.82. The third-order valence-corrected chi connectivity index (χ3v) is 5.80. The van der Waals surface area contributed by atoms with Gasteiger partial charge in [0.05, 0.1) is 0 Å². The van der Waals surface area contributed by atoms with Crippen molar-refractivity contribution in [1.29, 1.82) is 0 Å². The number of fused-ring (bicyclic) bond motifs is 2. The Morgan fingerprint density at radius 2 is 1.93 bits per heavy atom. The van der Waals surface area contributed by atoms with Gasteiger partial charge >= 0.3 is 0 Å². The number of benzene rings is 2. The molecule has 2 saturated heterocycles. The largest absolute Gasteiger partial charge is 0.347 e. The minimum Gasteiger partial charge on any atom is -0.347 e. The summed E-state index contributed by atoms with van der Waals surface area (Å²) >= 11 is 0. The highest BCUT2D eigenvalue weighted by atomic mass is 16.2. The van der Waals surface area contributed by atoms with Gasteiger partial charge in [-0.1, -0.05) is 30.3 Å². The molecule has 0 radical (unpaired) electrons. The normalized spacial score (nSPS) is 23.8. The van der Waals surface area contributed by atoms with Crippen molar-refractivity contribution < 1.29 is 14.4 Å². The zero-order chi connectivity index (χ0) is 20.4. The van der Waals surface area contributed by atoms with Crippen LogP contribution in [0, 0.1) is 0 Å². The molecule has 4 N–H and O–H groups in total. The first kappa shape index (κ1) is 19.4. The molecule has 0 aliphatic carbocycles. The van der Waals surface area contributed by atoms with Crippen molar-refractivity contribution in [2.75, 3.05) is 13.1 Å². The van der Waals surface area contributed by atoms with Gasteiger partial charge in [-0.25, -0.2) is 0 Å². The van der Waals surface area contributed by atoms with E-state index in [1.54, 1.807) is 11.0 Å². The molecule has 2 fully saturated rings. The summed E-state index contributed by atoms with van der Waals surface area (Å²) in [6.45, 7) is 0.938. The van der Waals surface area contributed by atoms with Crippen LogP contribution in [0.3, 0.4) is 0 Å². The maximum atomic E-state index is 12.8. The number of rotatable bonds is 6. The SMILES string of the molecule is NCCCC[C@@H]1NC(=O)[C@@H]2C[C@H](NC(=O)c3ccc4ccccc4c3)CN2C1=O. The van der Waals surface area contributed by atoms with Crippen LogP contribution in [0.5, 0.6) is 0 Å². The Morgan fingerprint density at radius 3 is 2.72 bits per heavy atom. The van der Waals surface area contributed by atoms with Crippen LogP contribution < -0.4 is 16.4 Å². The van der Waals surface area contributed by atoms with E-state index in [0.717, 1.165) is 23.6 Å². The number of hydrogen-bond acceptors (Lipinski definition) is 4. The molecule has 2 aliphatic rings. The fraction of sp³-hybridized carbons (Fsp3) is 0.409. The van der Waals surface area contributed by atoms with E-state index in [1.807, 2.05) is 36.4 Å². The number of piperazine rings is 1. The van der Waals surface area contributed by atoms with Gasteiger partial charge in [0.2, 0.25) is 11.8 Å². The van der Waals surface area contributed by atoms with Gasteiger partial charge in [0.25, 0.3) is 5.91 Å². The summed E-state index contributed by atoms with van der Waals surface area (Å²) in [5.74, 6) is -0.383. The fourth-order valence-electron chi connectivity index (χ4n) is 4.25. The van der Waals surface area contributed by atoms with Crippen molar-refractivity contribution >= 4 is 28.5 Å². The molecule has 152 valence electrons. The minimum absolute atomic E-state index is 0.0610. The highest BCUT2D eigenvalue weighted by Gasteiger charge is 2.46. The third-order valence-electron chi connectivity index (χ3n) is 5.80. The summed E-state index contributed by atoms with van der Waals surface area (Å²) in [5, 5.41) is 7.91. The molecular weight excluding hydrogens is 368 g/mol. The van der Waals surface area contributed by atoms with Gasteiger partial charge in [-0.3, -0.25) is 14.4 Å². The minimum atomic E-state index is -0.504. The van der Waals surface area contributed by atoms with Crippen LogP contribution in [0.15, 0.2) is 42.5 Å². The molecule has 4 rings (SSSR count). The van der Waals surface area contributed by atoms with Crippen molar-refractivity contribution in [1.82, 2.24) is 15.5 Å². The lowest BCUT2D eigenvalue weighted by molar-refractivity contribution is -0.147. The van der Waals surface area contributed by atoms with Gasteiger partial charge in [0, 0.05) is 18.2 Å². The second-order valence-corrected chi connectivity index (χ2v) is 7.82. The Labute approximate surface area is 169 Å². The molecule has 3 amide bonds. The lowest BCUT2D eigenvalue weighted by Gasteiger charge is -2.34. The van der Waals surface area contributed by atoms with E-state index >= 15 is 0 Å². The number of unbranched alkanes of at least 4 members (excludes halogenated alkanes) is 1. The van der Waals surface area contributed by atoms with Crippen LogP contribution in [0.2, 0.25) is 0 Å². The number of nitrogens with one attached hydrogen (secondary N) is 2. The molecule has 29 heavy (non-hydrogen) atoms. The van der Waals surface area contributed by atoms with Gasteiger partial charge in [-0.05, 0) is 55.1 Å². The summed E-state index contributed by atoms with van der Waals surface area (Å²) in [6, 6.07) is 12.2.